The van der Waals surface area contributed by atoms with Crippen molar-refractivity contribution in [2.45, 2.75) is 32.8 Å². The van der Waals surface area contributed by atoms with Crippen molar-refractivity contribution in [1.82, 2.24) is 4.90 Å². The monoisotopic (exact) mass is 275 g/mol. The van der Waals surface area contributed by atoms with Crippen LogP contribution in [0.2, 0.25) is 0 Å². The highest BCUT2D eigenvalue weighted by Crippen LogP contribution is 2.30. The van der Waals surface area contributed by atoms with E-state index in [4.69, 9.17) is 4.74 Å². The van der Waals surface area contributed by atoms with Crippen molar-refractivity contribution < 1.29 is 9.84 Å². The van der Waals surface area contributed by atoms with Gasteiger partial charge in [-0.15, -0.1) is 0 Å². The molecule has 0 amide bonds. The Morgan fingerprint density at radius 1 is 1.30 bits per heavy atom. The molecule has 1 heterocycles. The zero-order valence-corrected chi connectivity index (χ0v) is 12.7. The molecule has 1 N–H and O–H groups in total. The first-order chi connectivity index (χ1) is 9.49. The molecule has 3 heteroatoms. The van der Waals surface area contributed by atoms with Gasteiger partial charge >= 0.3 is 0 Å². The van der Waals surface area contributed by atoms with Gasteiger partial charge in [0, 0.05) is 25.2 Å². The molecule has 0 unspecified atom stereocenters. The number of benzene rings is 1. The molecule has 20 heavy (non-hydrogen) atoms. The summed E-state index contributed by atoms with van der Waals surface area (Å²) in [4.78, 5) is 2.28. The molecule has 0 bridgehead atoms. The SMILES string of the molecule is CCOc1ccccc1C1=CCN(CC(C)(C)O)CC1. The van der Waals surface area contributed by atoms with Crippen LogP contribution in [0.5, 0.6) is 5.75 Å². The number of rotatable bonds is 5. The van der Waals surface area contributed by atoms with Gasteiger partial charge in [-0.2, -0.15) is 0 Å². The third-order valence-corrected chi connectivity index (χ3v) is 3.44. The van der Waals surface area contributed by atoms with Gasteiger partial charge in [0.05, 0.1) is 12.2 Å². The van der Waals surface area contributed by atoms with Crippen LogP contribution in [0, 0.1) is 0 Å². The molecule has 0 saturated heterocycles. The summed E-state index contributed by atoms with van der Waals surface area (Å²) >= 11 is 0. The summed E-state index contributed by atoms with van der Waals surface area (Å²) in [5.74, 6) is 0.970. The van der Waals surface area contributed by atoms with Gasteiger partial charge in [0.1, 0.15) is 5.75 Å². The van der Waals surface area contributed by atoms with E-state index in [1.165, 1.54) is 11.1 Å². The molecule has 1 aliphatic heterocycles. The Hall–Kier alpha value is -1.32. The van der Waals surface area contributed by atoms with Crippen LogP contribution in [0.1, 0.15) is 32.8 Å². The Balaban J connectivity index is 2.08. The zero-order chi connectivity index (χ0) is 14.6. The van der Waals surface area contributed by atoms with Crippen LogP contribution >= 0.6 is 0 Å². The Bertz CT molecular complexity index is 474. The van der Waals surface area contributed by atoms with Gasteiger partial charge in [-0.3, -0.25) is 4.90 Å². The van der Waals surface area contributed by atoms with Crippen molar-refractivity contribution in [3.05, 3.63) is 35.9 Å². The molecule has 0 aromatic heterocycles. The number of β-amino-alcohol motifs (C(OH)–C–C–N with tert-alkyl or cyclic N) is 1. The van der Waals surface area contributed by atoms with Crippen LogP contribution in [0.4, 0.5) is 0 Å². The van der Waals surface area contributed by atoms with E-state index in [0.717, 1.165) is 25.3 Å². The largest absolute Gasteiger partial charge is 0.493 e. The lowest BCUT2D eigenvalue weighted by molar-refractivity contribution is 0.0397. The Morgan fingerprint density at radius 2 is 2.05 bits per heavy atom. The molecular formula is C17H25NO2. The predicted octanol–water partition coefficient (Wildman–Crippen LogP) is 2.95. The number of hydrogen-bond donors (Lipinski definition) is 1. The van der Waals surface area contributed by atoms with Crippen molar-refractivity contribution in [1.29, 1.82) is 0 Å². The first kappa shape index (κ1) is 15.1. The molecule has 2 rings (SSSR count). The van der Waals surface area contributed by atoms with Gasteiger partial charge in [0.15, 0.2) is 0 Å². The quantitative estimate of drug-likeness (QED) is 0.897. The molecule has 0 radical (unpaired) electrons. The summed E-state index contributed by atoms with van der Waals surface area (Å²) < 4.78 is 5.70. The van der Waals surface area contributed by atoms with Gasteiger partial charge in [0.2, 0.25) is 0 Å². The van der Waals surface area contributed by atoms with Gasteiger partial charge in [-0.25, -0.2) is 0 Å². The molecule has 3 nitrogen and oxygen atoms in total. The van der Waals surface area contributed by atoms with Crippen LogP contribution in [-0.4, -0.2) is 41.8 Å². The van der Waals surface area contributed by atoms with Gasteiger partial charge in [0.25, 0.3) is 0 Å². The molecule has 110 valence electrons. The Kier molecular flexibility index (Phi) is 4.84. The highest BCUT2D eigenvalue weighted by atomic mass is 16.5. The van der Waals surface area contributed by atoms with Crippen LogP contribution in [0.25, 0.3) is 5.57 Å². The van der Waals surface area contributed by atoms with Crippen LogP contribution < -0.4 is 4.74 Å². The second-order valence-electron chi connectivity index (χ2n) is 5.96. The fourth-order valence-corrected chi connectivity index (χ4v) is 2.66. The minimum absolute atomic E-state index is 0.630. The number of para-hydroxylation sites is 1. The number of aliphatic hydroxyl groups is 1. The van der Waals surface area contributed by atoms with Gasteiger partial charge < -0.3 is 9.84 Å². The van der Waals surface area contributed by atoms with E-state index in [1.807, 2.05) is 32.9 Å². The number of hydrogen-bond acceptors (Lipinski definition) is 3. The summed E-state index contributed by atoms with van der Waals surface area (Å²) in [6.45, 7) is 9.00. The molecule has 0 spiro atoms. The molecular weight excluding hydrogens is 250 g/mol. The smallest absolute Gasteiger partial charge is 0.126 e. The summed E-state index contributed by atoms with van der Waals surface area (Å²) in [6, 6.07) is 8.23. The topological polar surface area (TPSA) is 32.7 Å². The first-order valence-corrected chi connectivity index (χ1v) is 7.35. The third-order valence-electron chi connectivity index (χ3n) is 3.44. The minimum Gasteiger partial charge on any atom is -0.493 e. The Labute approximate surface area is 121 Å². The third kappa shape index (κ3) is 4.09. The van der Waals surface area contributed by atoms with Crippen LogP contribution in [0.3, 0.4) is 0 Å². The molecule has 1 aromatic rings. The maximum atomic E-state index is 9.88. The first-order valence-electron chi connectivity index (χ1n) is 7.35. The van der Waals surface area contributed by atoms with E-state index in [9.17, 15) is 5.11 Å². The Morgan fingerprint density at radius 3 is 2.65 bits per heavy atom. The van der Waals surface area contributed by atoms with E-state index in [2.05, 4.69) is 23.1 Å². The zero-order valence-electron chi connectivity index (χ0n) is 12.7. The van der Waals surface area contributed by atoms with E-state index < -0.39 is 5.60 Å². The summed E-state index contributed by atoms with van der Waals surface area (Å²) in [5, 5.41) is 9.88. The summed E-state index contributed by atoms with van der Waals surface area (Å²) in [6.07, 6.45) is 3.26. The summed E-state index contributed by atoms with van der Waals surface area (Å²) in [7, 11) is 0. The minimum atomic E-state index is -0.630. The maximum absolute atomic E-state index is 9.88. The number of ether oxygens (including phenoxy) is 1. The fraction of sp³-hybridized carbons (Fsp3) is 0.529. The fourth-order valence-electron chi connectivity index (χ4n) is 2.66. The lowest BCUT2D eigenvalue weighted by Gasteiger charge is -2.31. The van der Waals surface area contributed by atoms with Crippen LogP contribution in [-0.2, 0) is 0 Å². The second kappa shape index (κ2) is 6.42. The highest BCUT2D eigenvalue weighted by molar-refractivity contribution is 5.71. The van der Waals surface area contributed by atoms with Crippen molar-refractivity contribution in [2.24, 2.45) is 0 Å². The lowest BCUT2D eigenvalue weighted by atomic mass is 9.97. The van der Waals surface area contributed by atoms with Crippen molar-refractivity contribution in [3.8, 4) is 5.75 Å². The molecule has 0 atom stereocenters. The molecule has 0 saturated carbocycles. The number of nitrogens with zero attached hydrogens (tertiary/aromatic N) is 1. The molecule has 1 aliphatic rings. The standard InChI is InChI=1S/C17H25NO2/c1-4-20-16-8-6-5-7-15(16)14-9-11-18(12-10-14)13-17(2,3)19/h5-9,19H,4,10-13H2,1-3H3. The van der Waals surface area contributed by atoms with Gasteiger partial charge in [-0.1, -0.05) is 24.3 Å². The average Bonchev–Trinajstić information content (AvgIpc) is 2.39. The van der Waals surface area contributed by atoms with Crippen LogP contribution in [0.15, 0.2) is 30.3 Å². The average molecular weight is 275 g/mol. The highest BCUT2D eigenvalue weighted by Gasteiger charge is 2.21. The van der Waals surface area contributed by atoms with E-state index in [1.54, 1.807) is 0 Å². The lowest BCUT2D eigenvalue weighted by Crippen LogP contribution is -2.40. The van der Waals surface area contributed by atoms with E-state index in [-0.39, 0.29) is 0 Å². The van der Waals surface area contributed by atoms with Gasteiger partial charge in [-0.05, 0) is 38.8 Å². The van der Waals surface area contributed by atoms with E-state index >= 15 is 0 Å². The van der Waals surface area contributed by atoms with Crippen molar-refractivity contribution in [3.63, 3.8) is 0 Å². The molecule has 0 aliphatic carbocycles. The normalized spacial score (nSPS) is 16.9. The summed E-state index contributed by atoms with van der Waals surface area (Å²) in [5.41, 5.74) is 1.92. The van der Waals surface area contributed by atoms with E-state index in [0.29, 0.717) is 13.2 Å². The maximum Gasteiger partial charge on any atom is 0.126 e. The molecule has 0 fully saturated rings. The van der Waals surface area contributed by atoms with Crippen molar-refractivity contribution in [2.75, 3.05) is 26.2 Å². The predicted molar refractivity (Wildman–Crippen MR) is 82.9 cm³/mol. The second-order valence-corrected chi connectivity index (χ2v) is 5.96. The molecule has 1 aromatic carbocycles. The van der Waals surface area contributed by atoms with Crippen molar-refractivity contribution >= 4 is 5.57 Å².